The number of halogens is 6. The minimum absolute atomic E-state index is 0.0315. The first-order valence-corrected chi connectivity index (χ1v) is 10.2. The standard InChI is InChI=1S/C22H22F6N6/c1-34(2)11-5-10-30-20-32-18(17-6-3-4-9-29-17)13-19(33-20)31-16-8-7-14(21(23,24)25)12-15(16)22(26,27)28/h3-4,6-9,12-13H,5,10-11H2,1-2H3,(H2,30,31,32,33). The lowest BCUT2D eigenvalue weighted by atomic mass is 10.1. The second kappa shape index (κ2) is 10.2. The topological polar surface area (TPSA) is 66.0 Å². The number of pyridine rings is 1. The van der Waals surface area contributed by atoms with Gasteiger partial charge in [-0.15, -0.1) is 0 Å². The third kappa shape index (κ3) is 6.80. The van der Waals surface area contributed by atoms with Crippen molar-refractivity contribution in [2.24, 2.45) is 0 Å². The lowest BCUT2D eigenvalue weighted by Crippen LogP contribution is -2.17. The Labute approximate surface area is 192 Å². The normalized spacial score (nSPS) is 12.1. The summed E-state index contributed by atoms with van der Waals surface area (Å²) in [5, 5.41) is 5.53. The van der Waals surface area contributed by atoms with Crippen LogP contribution in [0.2, 0.25) is 0 Å². The second-order valence-electron chi connectivity index (χ2n) is 7.64. The quantitative estimate of drug-likeness (QED) is 0.317. The molecule has 182 valence electrons. The molecule has 1 aromatic carbocycles. The van der Waals surface area contributed by atoms with Crippen molar-refractivity contribution >= 4 is 17.5 Å². The summed E-state index contributed by atoms with van der Waals surface area (Å²) < 4.78 is 79.6. The van der Waals surface area contributed by atoms with Crippen molar-refractivity contribution in [3.63, 3.8) is 0 Å². The van der Waals surface area contributed by atoms with Crippen LogP contribution in [0.1, 0.15) is 17.5 Å². The van der Waals surface area contributed by atoms with Gasteiger partial charge in [0.2, 0.25) is 5.95 Å². The molecule has 0 atom stereocenters. The Morgan fingerprint density at radius 2 is 1.65 bits per heavy atom. The number of nitrogens with one attached hydrogen (secondary N) is 2. The average molecular weight is 484 g/mol. The largest absolute Gasteiger partial charge is 0.418 e. The molecule has 3 aromatic rings. The smallest absolute Gasteiger partial charge is 0.354 e. The Morgan fingerprint density at radius 1 is 0.882 bits per heavy atom. The summed E-state index contributed by atoms with van der Waals surface area (Å²) in [4.78, 5) is 14.8. The van der Waals surface area contributed by atoms with Gasteiger partial charge in [0.05, 0.1) is 28.2 Å². The molecule has 0 aliphatic heterocycles. The van der Waals surface area contributed by atoms with E-state index in [1.54, 1.807) is 18.2 Å². The third-order valence-electron chi connectivity index (χ3n) is 4.63. The fourth-order valence-corrected chi connectivity index (χ4v) is 3.03. The maximum absolute atomic E-state index is 13.5. The van der Waals surface area contributed by atoms with Crippen molar-refractivity contribution in [2.75, 3.05) is 37.8 Å². The number of rotatable bonds is 8. The second-order valence-corrected chi connectivity index (χ2v) is 7.64. The Kier molecular flexibility index (Phi) is 7.60. The van der Waals surface area contributed by atoms with Crippen LogP contribution in [0.4, 0.5) is 43.8 Å². The van der Waals surface area contributed by atoms with Gasteiger partial charge in [-0.25, -0.2) is 4.98 Å². The molecular formula is C22H22F6N6. The predicted molar refractivity (Wildman–Crippen MR) is 117 cm³/mol. The molecule has 6 nitrogen and oxygen atoms in total. The minimum Gasteiger partial charge on any atom is -0.354 e. The molecule has 0 aliphatic carbocycles. The van der Waals surface area contributed by atoms with Crippen molar-refractivity contribution in [1.82, 2.24) is 19.9 Å². The van der Waals surface area contributed by atoms with Crippen LogP contribution in [0.25, 0.3) is 11.4 Å². The van der Waals surface area contributed by atoms with Gasteiger partial charge in [-0.2, -0.15) is 31.3 Å². The van der Waals surface area contributed by atoms with Crippen molar-refractivity contribution in [2.45, 2.75) is 18.8 Å². The summed E-state index contributed by atoms with van der Waals surface area (Å²) in [5.41, 5.74) is -2.64. The summed E-state index contributed by atoms with van der Waals surface area (Å²) in [6, 6.07) is 7.86. The lowest BCUT2D eigenvalue weighted by Gasteiger charge is -2.17. The molecular weight excluding hydrogens is 462 g/mol. The average Bonchev–Trinajstić information content (AvgIpc) is 2.76. The molecule has 0 amide bonds. The number of hydrogen-bond donors (Lipinski definition) is 2. The van der Waals surface area contributed by atoms with Crippen LogP contribution < -0.4 is 10.6 Å². The molecule has 0 saturated carbocycles. The van der Waals surface area contributed by atoms with Crippen LogP contribution in [0.15, 0.2) is 48.7 Å². The Morgan fingerprint density at radius 3 is 2.26 bits per heavy atom. The first kappa shape index (κ1) is 25.2. The van der Waals surface area contributed by atoms with E-state index in [-0.39, 0.29) is 17.8 Å². The first-order valence-electron chi connectivity index (χ1n) is 10.2. The maximum atomic E-state index is 13.5. The van der Waals surface area contributed by atoms with Gasteiger partial charge in [-0.1, -0.05) is 6.07 Å². The lowest BCUT2D eigenvalue weighted by molar-refractivity contribution is -0.142. The fourth-order valence-electron chi connectivity index (χ4n) is 3.03. The van der Waals surface area contributed by atoms with E-state index >= 15 is 0 Å². The van der Waals surface area contributed by atoms with E-state index in [0.717, 1.165) is 19.0 Å². The summed E-state index contributed by atoms with van der Waals surface area (Å²) in [5.74, 6) is 0.112. The first-order chi connectivity index (χ1) is 15.9. The number of hydrogen-bond acceptors (Lipinski definition) is 6. The molecule has 0 bridgehead atoms. The van der Waals surface area contributed by atoms with E-state index in [1.807, 2.05) is 19.0 Å². The van der Waals surface area contributed by atoms with Gasteiger partial charge >= 0.3 is 12.4 Å². The SMILES string of the molecule is CN(C)CCCNc1nc(Nc2ccc(C(F)(F)F)cc2C(F)(F)F)cc(-c2ccccn2)n1. The van der Waals surface area contributed by atoms with Crippen LogP contribution in [0.5, 0.6) is 0 Å². The van der Waals surface area contributed by atoms with Gasteiger partial charge in [0.1, 0.15) is 5.82 Å². The van der Waals surface area contributed by atoms with Crippen LogP contribution >= 0.6 is 0 Å². The van der Waals surface area contributed by atoms with Crippen molar-refractivity contribution in [3.8, 4) is 11.4 Å². The molecule has 0 fully saturated rings. The van der Waals surface area contributed by atoms with Gasteiger partial charge < -0.3 is 15.5 Å². The number of anilines is 3. The maximum Gasteiger partial charge on any atom is 0.418 e. The molecule has 2 N–H and O–H groups in total. The summed E-state index contributed by atoms with van der Waals surface area (Å²) in [6.07, 6.45) is -7.65. The molecule has 0 aliphatic rings. The summed E-state index contributed by atoms with van der Waals surface area (Å²) in [7, 11) is 3.84. The van der Waals surface area contributed by atoms with E-state index in [9.17, 15) is 26.3 Å². The van der Waals surface area contributed by atoms with Crippen LogP contribution in [-0.2, 0) is 12.4 Å². The molecule has 0 unspecified atom stereocenters. The molecule has 2 heterocycles. The third-order valence-corrected chi connectivity index (χ3v) is 4.63. The van der Waals surface area contributed by atoms with Gasteiger partial charge in [0, 0.05) is 18.8 Å². The number of benzene rings is 1. The van der Waals surface area contributed by atoms with Crippen molar-refractivity contribution in [3.05, 3.63) is 59.8 Å². The zero-order valence-electron chi connectivity index (χ0n) is 18.3. The number of aromatic nitrogens is 3. The molecule has 3 rings (SSSR count). The molecule has 0 spiro atoms. The molecule has 12 heteroatoms. The zero-order chi connectivity index (χ0) is 24.9. The van der Waals surface area contributed by atoms with Crippen molar-refractivity contribution < 1.29 is 26.3 Å². The minimum atomic E-state index is -5.02. The number of nitrogens with zero attached hydrogens (tertiary/aromatic N) is 4. The van der Waals surface area contributed by atoms with Gasteiger partial charge in [-0.05, 0) is 57.4 Å². The molecule has 2 aromatic heterocycles. The van der Waals surface area contributed by atoms with Crippen molar-refractivity contribution in [1.29, 1.82) is 0 Å². The zero-order valence-corrected chi connectivity index (χ0v) is 18.3. The summed E-state index contributed by atoms with van der Waals surface area (Å²) >= 11 is 0. The Bertz CT molecular complexity index is 1100. The molecule has 0 radical (unpaired) electrons. The van der Waals surface area contributed by atoms with E-state index in [4.69, 9.17) is 0 Å². The fraction of sp³-hybridized carbons (Fsp3) is 0.318. The van der Waals surface area contributed by atoms with E-state index in [1.165, 1.54) is 12.3 Å². The van der Waals surface area contributed by atoms with Gasteiger partial charge in [0.25, 0.3) is 0 Å². The Balaban J connectivity index is 1.97. The highest BCUT2D eigenvalue weighted by molar-refractivity contribution is 5.67. The summed E-state index contributed by atoms with van der Waals surface area (Å²) in [6.45, 7) is 1.29. The number of alkyl halides is 6. The molecule has 34 heavy (non-hydrogen) atoms. The molecule has 0 saturated heterocycles. The highest BCUT2D eigenvalue weighted by Gasteiger charge is 2.38. The monoisotopic (exact) mass is 484 g/mol. The van der Waals surface area contributed by atoms with Crippen LogP contribution in [-0.4, -0.2) is 47.0 Å². The highest BCUT2D eigenvalue weighted by atomic mass is 19.4. The predicted octanol–water partition coefficient (Wildman–Crippen LogP) is 5.68. The van der Waals surface area contributed by atoms with Gasteiger partial charge in [0.15, 0.2) is 0 Å². The van der Waals surface area contributed by atoms with Crippen LogP contribution in [0, 0.1) is 0 Å². The van der Waals surface area contributed by atoms with Crippen LogP contribution in [0.3, 0.4) is 0 Å². The van der Waals surface area contributed by atoms with Gasteiger partial charge in [-0.3, -0.25) is 4.98 Å². The van der Waals surface area contributed by atoms with E-state index in [2.05, 4.69) is 25.6 Å². The highest BCUT2D eigenvalue weighted by Crippen LogP contribution is 2.40. The van der Waals surface area contributed by atoms with E-state index in [0.29, 0.717) is 24.0 Å². The Hall–Kier alpha value is -3.41. The van der Waals surface area contributed by atoms with E-state index < -0.39 is 29.2 Å².